The molecule has 112 valence electrons. The van der Waals surface area contributed by atoms with Gasteiger partial charge >= 0.3 is 0 Å². The van der Waals surface area contributed by atoms with Crippen molar-refractivity contribution in [2.45, 2.75) is 19.9 Å². The number of likely N-dealkylation sites (N-methyl/N-ethyl adjacent to an activating group) is 1. The summed E-state index contributed by atoms with van der Waals surface area (Å²) in [5, 5.41) is 5.63. The van der Waals surface area contributed by atoms with Gasteiger partial charge in [0.15, 0.2) is 11.5 Å². The highest BCUT2D eigenvalue weighted by Crippen LogP contribution is 2.36. The Kier molecular flexibility index (Phi) is 7.40. The molecule has 0 atom stereocenters. The van der Waals surface area contributed by atoms with Gasteiger partial charge in [0.05, 0.1) is 24.7 Å². The second-order valence-electron chi connectivity index (χ2n) is 4.23. The smallest absolute Gasteiger partial charge is 0.233 e. The number of hydrogen-bond donors (Lipinski definition) is 2. The summed E-state index contributed by atoms with van der Waals surface area (Å²) in [5.41, 5.74) is 1.02. The minimum Gasteiger partial charge on any atom is -0.493 e. The van der Waals surface area contributed by atoms with Gasteiger partial charge in [-0.15, -0.1) is 0 Å². The van der Waals surface area contributed by atoms with E-state index in [-0.39, 0.29) is 12.5 Å². The second-order valence-corrected chi connectivity index (χ2v) is 5.09. The molecule has 5 nitrogen and oxygen atoms in total. The van der Waals surface area contributed by atoms with Crippen LogP contribution in [0.4, 0.5) is 0 Å². The SMILES string of the molecule is CCCOc1c(Br)cc(CNCC(=O)NC)cc1OC. The highest BCUT2D eigenvalue weighted by Gasteiger charge is 2.11. The van der Waals surface area contributed by atoms with Crippen LogP contribution in [0.2, 0.25) is 0 Å². The molecule has 0 bridgehead atoms. The maximum Gasteiger partial charge on any atom is 0.233 e. The lowest BCUT2D eigenvalue weighted by molar-refractivity contribution is -0.119. The highest BCUT2D eigenvalue weighted by atomic mass is 79.9. The Hall–Kier alpha value is -1.27. The van der Waals surface area contributed by atoms with Gasteiger partial charge in [-0.3, -0.25) is 4.79 Å². The summed E-state index contributed by atoms with van der Waals surface area (Å²) in [6.45, 7) is 3.56. The van der Waals surface area contributed by atoms with E-state index in [9.17, 15) is 4.79 Å². The predicted molar refractivity (Wildman–Crippen MR) is 82.3 cm³/mol. The summed E-state index contributed by atoms with van der Waals surface area (Å²) in [6, 6.07) is 3.87. The normalized spacial score (nSPS) is 10.2. The lowest BCUT2D eigenvalue weighted by Crippen LogP contribution is -2.30. The number of halogens is 1. The van der Waals surface area contributed by atoms with Crippen molar-refractivity contribution in [1.29, 1.82) is 0 Å². The fraction of sp³-hybridized carbons (Fsp3) is 0.500. The molecule has 6 heteroatoms. The number of nitrogens with one attached hydrogen (secondary N) is 2. The number of amides is 1. The molecule has 2 N–H and O–H groups in total. The van der Waals surface area contributed by atoms with Crippen LogP contribution in [0.3, 0.4) is 0 Å². The van der Waals surface area contributed by atoms with Crippen LogP contribution in [0.5, 0.6) is 11.5 Å². The quantitative estimate of drug-likeness (QED) is 0.757. The Morgan fingerprint density at radius 1 is 1.40 bits per heavy atom. The summed E-state index contributed by atoms with van der Waals surface area (Å²) in [7, 11) is 3.23. The Labute approximate surface area is 128 Å². The van der Waals surface area contributed by atoms with Gasteiger partial charge in [0, 0.05) is 13.6 Å². The molecule has 0 saturated heterocycles. The molecule has 1 rings (SSSR count). The van der Waals surface area contributed by atoms with Gasteiger partial charge in [-0.05, 0) is 40.0 Å². The first kappa shape index (κ1) is 16.8. The predicted octanol–water partition coefficient (Wildman–Crippen LogP) is 2.08. The molecular formula is C14H21BrN2O3. The van der Waals surface area contributed by atoms with Crippen LogP contribution < -0.4 is 20.1 Å². The van der Waals surface area contributed by atoms with Crippen LogP contribution in [0, 0.1) is 0 Å². The van der Waals surface area contributed by atoms with Crippen LogP contribution in [0.25, 0.3) is 0 Å². The summed E-state index contributed by atoms with van der Waals surface area (Å²) in [4.78, 5) is 11.1. The number of ether oxygens (including phenoxy) is 2. The van der Waals surface area contributed by atoms with E-state index in [1.54, 1.807) is 14.2 Å². The third kappa shape index (κ3) is 5.02. The maximum absolute atomic E-state index is 11.1. The molecule has 0 aliphatic rings. The van der Waals surface area contributed by atoms with E-state index in [4.69, 9.17) is 9.47 Å². The van der Waals surface area contributed by atoms with Crippen molar-refractivity contribution in [1.82, 2.24) is 10.6 Å². The topological polar surface area (TPSA) is 59.6 Å². The molecule has 0 saturated carbocycles. The molecule has 0 heterocycles. The van der Waals surface area contributed by atoms with Crippen molar-refractivity contribution >= 4 is 21.8 Å². The summed E-state index contributed by atoms with van der Waals surface area (Å²) in [6.07, 6.45) is 0.936. The van der Waals surface area contributed by atoms with Gasteiger partial charge in [0.1, 0.15) is 0 Å². The largest absolute Gasteiger partial charge is 0.493 e. The van der Waals surface area contributed by atoms with Gasteiger partial charge in [0.2, 0.25) is 5.91 Å². The van der Waals surface area contributed by atoms with Crippen molar-refractivity contribution in [2.24, 2.45) is 0 Å². The molecular weight excluding hydrogens is 324 g/mol. The molecule has 1 aromatic carbocycles. The lowest BCUT2D eigenvalue weighted by Gasteiger charge is -2.14. The number of methoxy groups -OCH3 is 1. The molecule has 0 aliphatic carbocycles. The number of carbonyl (C=O) groups excluding carboxylic acids is 1. The third-order valence-electron chi connectivity index (χ3n) is 2.63. The molecule has 0 radical (unpaired) electrons. The summed E-state index contributed by atoms with van der Waals surface area (Å²) in [5.74, 6) is 1.35. The first-order chi connectivity index (χ1) is 9.62. The van der Waals surface area contributed by atoms with Gasteiger partial charge < -0.3 is 20.1 Å². The van der Waals surface area contributed by atoms with E-state index >= 15 is 0 Å². The number of hydrogen-bond acceptors (Lipinski definition) is 4. The van der Waals surface area contributed by atoms with E-state index in [0.29, 0.717) is 24.7 Å². The maximum atomic E-state index is 11.1. The molecule has 1 aromatic rings. The Morgan fingerprint density at radius 2 is 2.15 bits per heavy atom. The molecule has 0 fully saturated rings. The fourth-order valence-corrected chi connectivity index (χ4v) is 2.23. The lowest BCUT2D eigenvalue weighted by atomic mass is 10.2. The minimum atomic E-state index is -0.0427. The van der Waals surface area contributed by atoms with E-state index in [0.717, 1.165) is 16.5 Å². The summed E-state index contributed by atoms with van der Waals surface area (Å²) < 4.78 is 11.9. The van der Waals surface area contributed by atoms with Crippen molar-refractivity contribution in [3.05, 3.63) is 22.2 Å². The van der Waals surface area contributed by atoms with Gasteiger partial charge in [-0.25, -0.2) is 0 Å². The Bertz CT molecular complexity index is 452. The zero-order valence-corrected chi connectivity index (χ0v) is 13.7. The first-order valence-corrected chi connectivity index (χ1v) is 7.32. The van der Waals surface area contributed by atoms with Crippen molar-refractivity contribution in [3.8, 4) is 11.5 Å². The number of benzene rings is 1. The molecule has 0 aromatic heterocycles. The van der Waals surface area contributed by atoms with Crippen LogP contribution >= 0.6 is 15.9 Å². The van der Waals surface area contributed by atoms with E-state index in [2.05, 4.69) is 33.5 Å². The fourth-order valence-electron chi connectivity index (χ4n) is 1.63. The highest BCUT2D eigenvalue weighted by molar-refractivity contribution is 9.10. The zero-order valence-electron chi connectivity index (χ0n) is 12.1. The molecule has 20 heavy (non-hydrogen) atoms. The van der Waals surface area contributed by atoms with Crippen molar-refractivity contribution in [3.63, 3.8) is 0 Å². The van der Waals surface area contributed by atoms with E-state index < -0.39 is 0 Å². The average molecular weight is 345 g/mol. The molecule has 0 spiro atoms. The first-order valence-electron chi connectivity index (χ1n) is 6.52. The van der Waals surface area contributed by atoms with Crippen LogP contribution in [-0.4, -0.2) is 33.2 Å². The second kappa shape index (κ2) is 8.81. The van der Waals surface area contributed by atoms with Crippen LogP contribution in [0.1, 0.15) is 18.9 Å². The van der Waals surface area contributed by atoms with Crippen molar-refractivity contribution in [2.75, 3.05) is 27.3 Å². The van der Waals surface area contributed by atoms with E-state index in [1.165, 1.54) is 0 Å². The third-order valence-corrected chi connectivity index (χ3v) is 3.22. The standard InChI is InChI=1S/C14H21BrN2O3/c1-4-5-20-14-11(15)6-10(7-12(14)19-3)8-17-9-13(18)16-2/h6-7,17H,4-5,8-9H2,1-3H3,(H,16,18). The monoisotopic (exact) mass is 344 g/mol. The molecule has 1 amide bonds. The average Bonchev–Trinajstić information content (AvgIpc) is 2.45. The summed E-state index contributed by atoms with van der Waals surface area (Å²) >= 11 is 3.49. The van der Waals surface area contributed by atoms with Crippen molar-refractivity contribution < 1.29 is 14.3 Å². The number of rotatable bonds is 8. The zero-order chi connectivity index (χ0) is 15.0. The van der Waals surface area contributed by atoms with Gasteiger partial charge in [-0.1, -0.05) is 6.92 Å². The van der Waals surface area contributed by atoms with Crippen LogP contribution in [0.15, 0.2) is 16.6 Å². The van der Waals surface area contributed by atoms with Crippen LogP contribution in [-0.2, 0) is 11.3 Å². The van der Waals surface area contributed by atoms with Gasteiger partial charge in [-0.2, -0.15) is 0 Å². The number of carbonyl (C=O) groups is 1. The van der Waals surface area contributed by atoms with Gasteiger partial charge in [0.25, 0.3) is 0 Å². The Balaban J connectivity index is 2.74. The molecule has 0 aliphatic heterocycles. The Morgan fingerprint density at radius 3 is 2.75 bits per heavy atom. The minimum absolute atomic E-state index is 0.0427. The van der Waals surface area contributed by atoms with E-state index in [1.807, 2.05) is 12.1 Å². The molecule has 0 unspecified atom stereocenters.